The van der Waals surface area contributed by atoms with E-state index < -0.39 is 4.92 Å². The fourth-order valence-corrected chi connectivity index (χ4v) is 2.27. The maximum absolute atomic E-state index is 11.9. The van der Waals surface area contributed by atoms with Crippen molar-refractivity contribution >= 4 is 11.8 Å². The number of rotatable bonds is 6. The Morgan fingerprint density at radius 2 is 2.10 bits per heavy atom. The van der Waals surface area contributed by atoms with E-state index in [-0.39, 0.29) is 11.8 Å². The second-order valence-electron chi connectivity index (χ2n) is 4.87. The van der Waals surface area contributed by atoms with Gasteiger partial charge in [-0.3, -0.25) is 14.9 Å². The third-order valence-electron chi connectivity index (χ3n) is 3.35. The summed E-state index contributed by atoms with van der Waals surface area (Å²) in [5.74, 6) is 0.413. The highest BCUT2D eigenvalue weighted by Crippen LogP contribution is 2.15. The van der Waals surface area contributed by atoms with Gasteiger partial charge < -0.3 is 14.6 Å². The van der Waals surface area contributed by atoms with Crippen molar-refractivity contribution in [3.05, 3.63) is 28.0 Å². The Morgan fingerprint density at radius 1 is 1.35 bits per heavy atom. The van der Waals surface area contributed by atoms with Crippen LogP contribution in [0.4, 0.5) is 5.88 Å². The van der Waals surface area contributed by atoms with E-state index in [1.165, 1.54) is 12.5 Å². The smallest absolute Gasteiger partial charge is 0.404 e. The van der Waals surface area contributed by atoms with Crippen LogP contribution in [0.15, 0.2) is 16.5 Å². The van der Waals surface area contributed by atoms with Crippen LogP contribution in [-0.2, 0) is 11.3 Å². The first kappa shape index (κ1) is 14.5. The van der Waals surface area contributed by atoms with E-state index in [9.17, 15) is 14.9 Å². The Hall–Kier alpha value is -1.89. The predicted octanol–water partition coefficient (Wildman–Crippen LogP) is 1.68. The number of piperidine rings is 1. The number of carbonyl (C=O) groups excluding carboxylic acids is 1. The van der Waals surface area contributed by atoms with E-state index in [1.807, 2.05) is 4.90 Å². The Morgan fingerprint density at radius 3 is 2.75 bits per heavy atom. The van der Waals surface area contributed by atoms with Crippen LogP contribution < -0.4 is 5.32 Å². The Bertz CT molecular complexity index is 466. The first-order valence-corrected chi connectivity index (χ1v) is 6.88. The minimum absolute atomic E-state index is 0.169. The highest BCUT2D eigenvalue weighted by Gasteiger charge is 2.16. The molecule has 0 bridgehead atoms. The molecule has 2 heterocycles. The highest BCUT2D eigenvalue weighted by atomic mass is 16.6. The van der Waals surface area contributed by atoms with E-state index in [2.05, 4.69) is 5.32 Å². The average molecular weight is 281 g/mol. The Balaban J connectivity index is 1.65. The van der Waals surface area contributed by atoms with Crippen LogP contribution in [-0.4, -0.2) is 35.4 Å². The zero-order valence-electron chi connectivity index (χ0n) is 11.3. The summed E-state index contributed by atoms with van der Waals surface area (Å²) in [4.78, 5) is 23.7. The highest BCUT2D eigenvalue weighted by molar-refractivity contribution is 5.76. The lowest BCUT2D eigenvalue weighted by Gasteiger charge is -2.26. The summed E-state index contributed by atoms with van der Waals surface area (Å²) in [7, 11) is 0. The summed E-state index contributed by atoms with van der Waals surface area (Å²) < 4.78 is 5.01. The van der Waals surface area contributed by atoms with Crippen LogP contribution >= 0.6 is 0 Å². The van der Waals surface area contributed by atoms with Gasteiger partial charge in [-0.05, 0) is 25.3 Å². The molecule has 0 radical (unpaired) electrons. The lowest BCUT2D eigenvalue weighted by atomic mass is 10.1. The summed E-state index contributed by atoms with van der Waals surface area (Å²) in [5, 5.41) is 13.5. The van der Waals surface area contributed by atoms with Gasteiger partial charge in [0, 0.05) is 26.1 Å². The molecule has 1 aromatic heterocycles. The van der Waals surface area contributed by atoms with Gasteiger partial charge in [-0.15, -0.1) is 0 Å². The van der Waals surface area contributed by atoms with Crippen LogP contribution in [0.25, 0.3) is 0 Å². The van der Waals surface area contributed by atoms with Gasteiger partial charge >= 0.3 is 5.88 Å². The molecule has 0 unspecified atom stereocenters. The van der Waals surface area contributed by atoms with Gasteiger partial charge in [0.15, 0.2) is 0 Å². The molecule has 1 fully saturated rings. The number of likely N-dealkylation sites (tertiary alicyclic amines) is 1. The van der Waals surface area contributed by atoms with Gasteiger partial charge in [-0.1, -0.05) is 0 Å². The number of amides is 1. The maximum Gasteiger partial charge on any atom is 0.433 e. The third kappa shape index (κ3) is 4.06. The molecule has 0 aromatic carbocycles. The standard InChI is InChI=1S/C13H19N3O4/c17-12(15-8-2-1-3-9-15)6-7-14-10-11-4-5-13(20-11)16(18)19/h4-5,14H,1-3,6-10H2. The lowest BCUT2D eigenvalue weighted by Crippen LogP contribution is -2.37. The molecule has 1 aromatic rings. The van der Waals surface area contributed by atoms with Crippen LogP contribution in [0, 0.1) is 10.1 Å². The van der Waals surface area contributed by atoms with Gasteiger partial charge in [0.1, 0.15) is 10.7 Å². The fourth-order valence-electron chi connectivity index (χ4n) is 2.27. The monoisotopic (exact) mass is 281 g/mol. The molecule has 1 N–H and O–H groups in total. The summed E-state index contributed by atoms with van der Waals surface area (Å²) >= 11 is 0. The largest absolute Gasteiger partial charge is 0.433 e. The first-order valence-electron chi connectivity index (χ1n) is 6.88. The van der Waals surface area contributed by atoms with Gasteiger partial charge in [-0.2, -0.15) is 0 Å². The molecule has 110 valence electrons. The minimum atomic E-state index is -0.566. The number of carbonyl (C=O) groups is 1. The van der Waals surface area contributed by atoms with Crippen molar-refractivity contribution < 1.29 is 14.1 Å². The van der Waals surface area contributed by atoms with Crippen LogP contribution in [0.3, 0.4) is 0 Å². The van der Waals surface area contributed by atoms with E-state index in [4.69, 9.17) is 4.42 Å². The number of hydrogen-bond acceptors (Lipinski definition) is 5. The summed E-state index contributed by atoms with van der Waals surface area (Å²) in [6.45, 7) is 2.66. The van der Waals surface area contributed by atoms with E-state index in [1.54, 1.807) is 6.07 Å². The maximum atomic E-state index is 11.9. The Labute approximate surface area is 117 Å². The van der Waals surface area contributed by atoms with Crippen LogP contribution in [0.5, 0.6) is 0 Å². The van der Waals surface area contributed by atoms with Crippen molar-refractivity contribution in [2.24, 2.45) is 0 Å². The van der Waals surface area contributed by atoms with Crippen LogP contribution in [0.2, 0.25) is 0 Å². The van der Waals surface area contributed by atoms with Crippen molar-refractivity contribution in [1.82, 2.24) is 10.2 Å². The SMILES string of the molecule is O=C(CCNCc1ccc([N+](=O)[O-])o1)N1CCCCC1. The molecule has 0 spiro atoms. The minimum Gasteiger partial charge on any atom is -0.404 e. The lowest BCUT2D eigenvalue weighted by molar-refractivity contribution is -0.402. The molecule has 2 rings (SSSR count). The van der Waals surface area contributed by atoms with Crippen molar-refractivity contribution in [3.8, 4) is 0 Å². The second kappa shape index (κ2) is 7.04. The van der Waals surface area contributed by atoms with Gasteiger partial charge in [0.25, 0.3) is 0 Å². The zero-order valence-corrected chi connectivity index (χ0v) is 11.3. The second-order valence-corrected chi connectivity index (χ2v) is 4.87. The fraction of sp³-hybridized carbons (Fsp3) is 0.615. The van der Waals surface area contributed by atoms with Gasteiger partial charge in [0.05, 0.1) is 12.6 Å². The zero-order chi connectivity index (χ0) is 14.4. The average Bonchev–Trinajstić information content (AvgIpc) is 2.93. The molecule has 0 atom stereocenters. The molecule has 0 saturated carbocycles. The van der Waals surface area contributed by atoms with Crippen molar-refractivity contribution in [2.45, 2.75) is 32.2 Å². The predicted molar refractivity (Wildman–Crippen MR) is 72.1 cm³/mol. The van der Waals surface area contributed by atoms with E-state index in [0.29, 0.717) is 25.3 Å². The van der Waals surface area contributed by atoms with Gasteiger partial charge in [-0.25, -0.2) is 0 Å². The number of hydrogen-bond donors (Lipinski definition) is 1. The molecule has 1 amide bonds. The number of furan rings is 1. The molecule has 1 aliphatic heterocycles. The van der Waals surface area contributed by atoms with Crippen LogP contribution in [0.1, 0.15) is 31.4 Å². The molecule has 7 nitrogen and oxygen atoms in total. The molecule has 1 saturated heterocycles. The normalized spacial score (nSPS) is 15.3. The molecule has 7 heteroatoms. The van der Waals surface area contributed by atoms with E-state index in [0.717, 1.165) is 25.9 Å². The van der Waals surface area contributed by atoms with Crippen molar-refractivity contribution in [3.63, 3.8) is 0 Å². The summed E-state index contributed by atoms with van der Waals surface area (Å²) in [6, 6.07) is 2.90. The topological polar surface area (TPSA) is 88.6 Å². The van der Waals surface area contributed by atoms with Gasteiger partial charge in [0.2, 0.25) is 5.91 Å². The quantitative estimate of drug-likeness (QED) is 0.487. The summed E-state index contributed by atoms with van der Waals surface area (Å²) in [6.07, 6.45) is 3.84. The molecular formula is C13H19N3O4. The molecule has 0 aliphatic carbocycles. The molecule has 20 heavy (non-hydrogen) atoms. The molecule has 1 aliphatic rings. The number of nitrogens with zero attached hydrogens (tertiary/aromatic N) is 2. The third-order valence-corrected chi connectivity index (χ3v) is 3.35. The first-order chi connectivity index (χ1) is 9.66. The van der Waals surface area contributed by atoms with Crippen molar-refractivity contribution in [2.75, 3.05) is 19.6 Å². The van der Waals surface area contributed by atoms with E-state index >= 15 is 0 Å². The van der Waals surface area contributed by atoms with Crippen molar-refractivity contribution in [1.29, 1.82) is 0 Å². The molecular weight excluding hydrogens is 262 g/mol. The Kier molecular flexibility index (Phi) is 5.11. The number of nitro groups is 1. The summed E-state index contributed by atoms with van der Waals surface area (Å²) in [5.41, 5.74) is 0. The number of nitrogens with one attached hydrogen (secondary N) is 1.